The van der Waals surface area contributed by atoms with E-state index in [1.54, 1.807) is 18.5 Å². The molecule has 0 spiro atoms. The van der Waals surface area contributed by atoms with Crippen molar-refractivity contribution in [3.63, 3.8) is 0 Å². The van der Waals surface area contributed by atoms with E-state index in [9.17, 15) is 4.79 Å². The minimum atomic E-state index is -0.256. The van der Waals surface area contributed by atoms with E-state index in [0.717, 1.165) is 22.2 Å². The molecule has 2 aromatic heterocycles. The van der Waals surface area contributed by atoms with Gasteiger partial charge in [-0.15, -0.1) is 0 Å². The van der Waals surface area contributed by atoms with Crippen LogP contribution in [-0.4, -0.2) is 22.4 Å². The Morgan fingerprint density at radius 1 is 1.10 bits per heavy atom. The monoisotopic (exact) mass is 410 g/mol. The summed E-state index contributed by atoms with van der Waals surface area (Å²) >= 11 is 0. The Labute approximate surface area is 180 Å². The van der Waals surface area contributed by atoms with E-state index >= 15 is 0 Å². The SMILES string of the molecule is CC(Oc1ccc2c(c1)C(=O)C(Cc1cccnc1)CO2)c1ccc2ccccc2n1. The molecule has 154 valence electrons. The molecule has 0 saturated heterocycles. The van der Waals surface area contributed by atoms with E-state index < -0.39 is 0 Å². The van der Waals surface area contributed by atoms with Crippen LogP contribution < -0.4 is 9.47 Å². The minimum absolute atomic E-state index is 0.0760. The summed E-state index contributed by atoms with van der Waals surface area (Å²) in [5.41, 5.74) is 3.36. The molecular weight excluding hydrogens is 388 g/mol. The number of benzene rings is 2. The number of ketones is 1. The van der Waals surface area contributed by atoms with Crippen LogP contribution in [-0.2, 0) is 6.42 Å². The number of carbonyl (C=O) groups is 1. The van der Waals surface area contributed by atoms with Gasteiger partial charge in [-0.3, -0.25) is 9.78 Å². The number of Topliss-reactive ketones (excluding diaryl/α,β-unsaturated/α-hetero) is 1. The van der Waals surface area contributed by atoms with Gasteiger partial charge < -0.3 is 9.47 Å². The molecule has 0 N–H and O–H groups in total. The number of nitrogens with zero attached hydrogens (tertiary/aromatic N) is 2. The first-order valence-electron chi connectivity index (χ1n) is 10.4. The number of hydrogen-bond acceptors (Lipinski definition) is 5. The van der Waals surface area contributed by atoms with Gasteiger partial charge in [0.15, 0.2) is 5.78 Å². The molecule has 5 rings (SSSR count). The Morgan fingerprint density at radius 3 is 2.87 bits per heavy atom. The molecule has 0 fully saturated rings. The van der Waals surface area contributed by atoms with Crippen LogP contribution in [0, 0.1) is 5.92 Å². The predicted octanol–water partition coefficient (Wildman–Crippen LogP) is 5.20. The smallest absolute Gasteiger partial charge is 0.173 e. The third-order valence-corrected chi connectivity index (χ3v) is 5.58. The molecule has 2 aromatic carbocycles. The molecule has 0 amide bonds. The molecule has 5 nitrogen and oxygen atoms in total. The maximum Gasteiger partial charge on any atom is 0.173 e. The Balaban J connectivity index is 1.35. The van der Waals surface area contributed by atoms with Crippen molar-refractivity contribution >= 4 is 16.7 Å². The summed E-state index contributed by atoms with van der Waals surface area (Å²) in [6, 6.07) is 21.3. The summed E-state index contributed by atoms with van der Waals surface area (Å²) in [5, 5.41) is 1.09. The van der Waals surface area contributed by atoms with Crippen molar-refractivity contribution < 1.29 is 14.3 Å². The molecule has 0 saturated carbocycles. The number of rotatable bonds is 5. The van der Waals surface area contributed by atoms with Gasteiger partial charge in [0.2, 0.25) is 0 Å². The lowest BCUT2D eigenvalue weighted by Crippen LogP contribution is -2.29. The molecule has 2 atom stereocenters. The fourth-order valence-electron chi connectivity index (χ4n) is 3.91. The molecule has 3 heterocycles. The van der Waals surface area contributed by atoms with E-state index in [4.69, 9.17) is 14.5 Å². The van der Waals surface area contributed by atoms with Gasteiger partial charge in [-0.2, -0.15) is 0 Å². The summed E-state index contributed by atoms with van der Waals surface area (Å²) in [7, 11) is 0. The van der Waals surface area contributed by atoms with Gasteiger partial charge in [0.25, 0.3) is 0 Å². The highest BCUT2D eigenvalue weighted by Crippen LogP contribution is 2.33. The van der Waals surface area contributed by atoms with Crippen LogP contribution >= 0.6 is 0 Å². The van der Waals surface area contributed by atoms with Crippen molar-refractivity contribution in [1.29, 1.82) is 0 Å². The number of ether oxygens (including phenoxy) is 2. The van der Waals surface area contributed by atoms with Crippen molar-refractivity contribution in [2.45, 2.75) is 19.4 Å². The van der Waals surface area contributed by atoms with Gasteiger partial charge in [0, 0.05) is 17.8 Å². The summed E-state index contributed by atoms with van der Waals surface area (Å²) in [6.07, 6.45) is 3.87. The van der Waals surface area contributed by atoms with Crippen molar-refractivity contribution in [2.24, 2.45) is 5.92 Å². The number of fused-ring (bicyclic) bond motifs is 2. The predicted molar refractivity (Wildman–Crippen MR) is 118 cm³/mol. The zero-order valence-corrected chi connectivity index (χ0v) is 17.2. The number of para-hydroxylation sites is 1. The Kier molecular flexibility index (Phi) is 5.08. The van der Waals surface area contributed by atoms with E-state index in [1.165, 1.54) is 0 Å². The molecule has 0 bridgehead atoms. The average molecular weight is 410 g/mol. The zero-order valence-electron chi connectivity index (χ0n) is 17.2. The normalized spacial score (nSPS) is 16.4. The lowest BCUT2D eigenvalue weighted by Gasteiger charge is -2.25. The quantitative estimate of drug-likeness (QED) is 0.452. The van der Waals surface area contributed by atoms with Crippen LogP contribution in [0.25, 0.3) is 10.9 Å². The molecule has 31 heavy (non-hydrogen) atoms. The number of hydrogen-bond donors (Lipinski definition) is 0. The third kappa shape index (κ3) is 3.99. The van der Waals surface area contributed by atoms with Crippen LogP contribution in [0.5, 0.6) is 11.5 Å². The van der Waals surface area contributed by atoms with Gasteiger partial charge in [0.1, 0.15) is 17.6 Å². The fourth-order valence-corrected chi connectivity index (χ4v) is 3.91. The zero-order chi connectivity index (χ0) is 21.2. The molecule has 0 aliphatic carbocycles. The Morgan fingerprint density at radius 2 is 2.00 bits per heavy atom. The fraction of sp³-hybridized carbons (Fsp3) is 0.192. The summed E-state index contributed by atoms with van der Waals surface area (Å²) in [4.78, 5) is 22.0. The second kappa shape index (κ2) is 8.19. The first-order chi connectivity index (χ1) is 15.2. The van der Waals surface area contributed by atoms with Gasteiger partial charge in [0.05, 0.1) is 29.3 Å². The van der Waals surface area contributed by atoms with Crippen LogP contribution in [0.4, 0.5) is 0 Å². The molecule has 4 aromatic rings. The molecule has 5 heteroatoms. The number of pyridine rings is 2. The largest absolute Gasteiger partial charge is 0.492 e. The highest BCUT2D eigenvalue weighted by Gasteiger charge is 2.29. The van der Waals surface area contributed by atoms with Crippen molar-refractivity contribution in [2.75, 3.05) is 6.61 Å². The van der Waals surface area contributed by atoms with Crippen molar-refractivity contribution in [3.8, 4) is 11.5 Å². The van der Waals surface area contributed by atoms with Gasteiger partial charge in [-0.05, 0) is 55.3 Å². The Hall–Kier alpha value is -3.73. The van der Waals surface area contributed by atoms with E-state index in [0.29, 0.717) is 30.1 Å². The van der Waals surface area contributed by atoms with Gasteiger partial charge in [-0.1, -0.05) is 30.3 Å². The number of aromatic nitrogens is 2. The highest BCUT2D eigenvalue weighted by atomic mass is 16.5. The molecular formula is C26H22N2O3. The standard InChI is InChI=1S/C26H22N2O3/c1-17(23-10-8-19-6-2-3-7-24(19)28-23)31-21-9-11-25-22(14-21)26(29)20(16-30-25)13-18-5-4-12-27-15-18/h2-12,14-15,17,20H,13,16H2,1H3. The average Bonchev–Trinajstić information content (AvgIpc) is 2.81. The summed E-state index contributed by atoms with van der Waals surface area (Å²) in [6.45, 7) is 2.33. The summed E-state index contributed by atoms with van der Waals surface area (Å²) in [5.74, 6) is 1.08. The van der Waals surface area contributed by atoms with Crippen LogP contribution in [0.15, 0.2) is 79.1 Å². The lowest BCUT2D eigenvalue weighted by molar-refractivity contribution is 0.0829. The van der Waals surface area contributed by atoms with Crippen LogP contribution in [0.3, 0.4) is 0 Å². The third-order valence-electron chi connectivity index (χ3n) is 5.58. The van der Waals surface area contributed by atoms with Crippen molar-refractivity contribution in [1.82, 2.24) is 9.97 Å². The van der Waals surface area contributed by atoms with Crippen LogP contribution in [0.1, 0.15) is 34.6 Å². The van der Waals surface area contributed by atoms with Crippen molar-refractivity contribution in [3.05, 3.63) is 95.9 Å². The van der Waals surface area contributed by atoms with Gasteiger partial charge in [-0.25, -0.2) is 4.98 Å². The minimum Gasteiger partial charge on any atom is -0.492 e. The van der Waals surface area contributed by atoms with E-state index in [-0.39, 0.29) is 17.8 Å². The Bertz CT molecular complexity index is 1240. The topological polar surface area (TPSA) is 61.3 Å². The second-order valence-corrected chi connectivity index (χ2v) is 7.78. The van der Waals surface area contributed by atoms with E-state index in [1.807, 2.05) is 67.6 Å². The molecule has 1 aliphatic rings. The maximum absolute atomic E-state index is 13.1. The number of carbonyl (C=O) groups excluding carboxylic acids is 1. The lowest BCUT2D eigenvalue weighted by atomic mass is 9.90. The molecule has 2 unspecified atom stereocenters. The molecule has 1 aliphatic heterocycles. The molecule has 0 radical (unpaired) electrons. The maximum atomic E-state index is 13.1. The van der Waals surface area contributed by atoms with Crippen LogP contribution in [0.2, 0.25) is 0 Å². The second-order valence-electron chi connectivity index (χ2n) is 7.78. The van der Waals surface area contributed by atoms with Gasteiger partial charge >= 0.3 is 0 Å². The summed E-state index contributed by atoms with van der Waals surface area (Å²) < 4.78 is 12.0. The first-order valence-corrected chi connectivity index (χ1v) is 10.4. The first kappa shape index (κ1) is 19.2. The van der Waals surface area contributed by atoms with E-state index in [2.05, 4.69) is 4.98 Å². The highest BCUT2D eigenvalue weighted by molar-refractivity contribution is 6.01.